The van der Waals surface area contributed by atoms with Crippen molar-refractivity contribution < 1.29 is 4.79 Å². The van der Waals surface area contributed by atoms with Gasteiger partial charge in [-0.15, -0.1) is 11.3 Å². The van der Waals surface area contributed by atoms with Crippen LogP contribution in [-0.4, -0.2) is 23.6 Å². The Balaban J connectivity index is 1.46. The summed E-state index contributed by atoms with van der Waals surface area (Å²) in [4.78, 5) is 19.5. The molecule has 0 bridgehead atoms. The fourth-order valence-electron chi connectivity index (χ4n) is 3.65. The maximum absolute atomic E-state index is 12.7. The van der Waals surface area contributed by atoms with Crippen molar-refractivity contribution in [3.63, 3.8) is 0 Å². The van der Waals surface area contributed by atoms with Crippen molar-refractivity contribution in [3.8, 4) is 11.3 Å². The van der Waals surface area contributed by atoms with Crippen molar-refractivity contribution in [1.29, 1.82) is 0 Å². The summed E-state index contributed by atoms with van der Waals surface area (Å²) < 4.78 is 0.924. The zero-order chi connectivity index (χ0) is 19.7. The molecule has 0 atom stereocenters. The zero-order valence-corrected chi connectivity index (χ0v) is 17.8. The lowest BCUT2D eigenvalue weighted by Gasteiger charge is -2.23. The molecule has 0 N–H and O–H groups in total. The molecule has 2 heterocycles. The van der Waals surface area contributed by atoms with Gasteiger partial charge in [-0.25, -0.2) is 4.98 Å². The van der Waals surface area contributed by atoms with Gasteiger partial charge in [0.05, 0.1) is 11.4 Å². The van der Waals surface area contributed by atoms with Gasteiger partial charge in [-0.2, -0.15) is 0 Å². The predicted octanol–water partition coefficient (Wildman–Crippen LogP) is 5.78. The lowest BCUT2D eigenvalue weighted by molar-refractivity contribution is -0.112. The predicted molar refractivity (Wildman–Crippen MR) is 119 cm³/mol. The third-order valence-corrected chi connectivity index (χ3v) is 7.17. The molecular weight excluding hydrogens is 384 g/mol. The lowest BCUT2D eigenvalue weighted by atomic mass is 9.83. The molecule has 0 fully saturated rings. The number of thioether (sulfide) groups is 1. The number of carbonyl (C=O) groups excluding carboxylic acids is 1. The van der Waals surface area contributed by atoms with E-state index in [-0.39, 0.29) is 11.2 Å². The molecule has 0 aliphatic carbocycles. The molecule has 2 aromatic carbocycles. The largest absolute Gasteiger partial charge is 0.347 e. The summed E-state index contributed by atoms with van der Waals surface area (Å²) in [6.07, 6.45) is 1.80. The van der Waals surface area contributed by atoms with Crippen molar-refractivity contribution in [2.45, 2.75) is 23.6 Å². The number of para-hydroxylation sites is 1. The molecule has 3 aromatic rings. The van der Waals surface area contributed by atoms with Gasteiger partial charge < -0.3 is 4.90 Å². The molecule has 1 aliphatic rings. The second kappa shape index (κ2) is 7.57. The van der Waals surface area contributed by atoms with Crippen LogP contribution in [0.25, 0.3) is 11.3 Å². The van der Waals surface area contributed by atoms with Crippen molar-refractivity contribution in [1.82, 2.24) is 4.98 Å². The van der Waals surface area contributed by atoms with Gasteiger partial charge in [-0.1, -0.05) is 74.1 Å². The number of likely N-dealkylation sites (N-methyl/N-ethyl adjacent to an activating group) is 1. The van der Waals surface area contributed by atoms with Crippen LogP contribution in [0.1, 0.15) is 19.4 Å². The number of nitrogens with zero attached hydrogens (tertiary/aromatic N) is 2. The first-order valence-electron chi connectivity index (χ1n) is 9.19. The average molecular weight is 407 g/mol. The van der Waals surface area contributed by atoms with Gasteiger partial charge in [-0.05, 0) is 11.6 Å². The number of benzene rings is 2. The quantitative estimate of drug-likeness (QED) is 0.397. The number of allylic oxidation sites excluding steroid dienone is 2. The number of fused-ring (bicyclic) bond motifs is 1. The Bertz CT molecular complexity index is 1040. The Labute approximate surface area is 174 Å². The minimum atomic E-state index is -0.173. The number of thiazole rings is 1. The molecule has 0 saturated heterocycles. The Morgan fingerprint density at radius 2 is 1.86 bits per heavy atom. The third kappa shape index (κ3) is 3.52. The van der Waals surface area contributed by atoms with Crippen LogP contribution in [-0.2, 0) is 10.2 Å². The van der Waals surface area contributed by atoms with E-state index < -0.39 is 0 Å². The topological polar surface area (TPSA) is 33.2 Å². The Kier molecular flexibility index (Phi) is 5.13. The number of rotatable bonds is 5. The van der Waals surface area contributed by atoms with Crippen molar-refractivity contribution in [2.24, 2.45) is 0 Å². The highest BCUT2D eigenvalue weighted by molar-refractivity contribution is 8.01. The monoisotopic (exact) mass is 406 g/mol. The number of hydrogen-bond donors (Lipinski definition) is 0. The van der Waals surface area contributed by atoms with Crippen LogP contribution in [0.3, 0.4) is 0 Å². The van der Waals surface area contributed by atoms with Crippen LogP contribution >= 0.6 is 23.1 Å². The molecule has 4 rings (SSSR count). The van der Waals surface area contributed by atoms with E-state index in [0.29, 0.717) is 5.75 Å². The van der Waals surface area contributed by atoms with E-state index in [2.05, 4.69) is 54.1 Å². The first-order chi connectivity index (χ1) is 13.5. The number of hydrogen-bond acceptors (Lipinski definition) is 5. The van der Waals surface area contributed by atoms with E-state index in [1.807, 2.05) is 36.7 Å². The van der Waals surface area contributed by atoms with Gasteiger partial charge in [0.15, 0.2) is 10.1 Å². The smallest absolute Gasteiger partial charge is 0.167 e. The normalized spacial score (nSPS) is 16.4. The van der Waals surface area contributed by atoms with Gasteiger partial charge in [0, 0.05) is 40.9 Å². The third-order valence-electron chi connectivity index (χ3n) is 5.13. The fraction of sp³-hybridized carbons (Fsp3) is 0.217. The fourth-order valence-corrected chi connectivity index (χ4v) is 5.31. The maximum Gasteiger partial charge on any atom is 0.167 e. The zero-order valence-electron chi connectivity index (χ0n) is 16.2. The van der Waals surface area contributed by atoms with E-state index in [0.717, 1.165) is 21.3 Å². The van der Waals surface area contributed by atoms with Crippen LogP contribution in [0.4, 0.5) is 5.69 Å². The Hall–Kier alpha value is -2.37. The second-order valence-corrected chi connectivity index (χ2v) is 9.43. The summed E-state index contributed by atoms with van der Waals surface area (Å²) in [5, 5.41) is 2.05. The number of ketones is 1. The lowest BCUT2D eigenvalue weighted by Crippen LogP contribution is -2.24. The summed E-state index contributed by atoms with van der Waals surface area (Å²) in [6.45, 7) is 4.35. The van der Waals surface area contributed by atoms with E-state index in [4.69, 9.17) is 0 Å². The molecule has 3 nitrogen and oxygen atoms in total. The van der Waals surface area contributed by atoms with Gasteiger partial charge in [0.1, 0.15) is 0 Å². The first-order valence-corrected chi connectivity index (χ1v) is 11.1. The molecular formula is C23H22N2OS2. The maximum atomic E-state index is 12.7. The molecule has 1 aliphatic heterocycles. The number of anilines is 1. The van der Waals surface area contributed by atoms with Crippen LogP contribution < -0.4 is 4.90 Å². The minimum absolute atomic E-state index is 0.115. The molecule has 0 spiro atoms. The SMILES string of the molecule is CN1C(=CC(=O)CSc2nc(-c3ccccc3)cs2)C(C)(C)c2ccccc21. The second-order valence-electron chi connectivity index (χ2n) is 7.35. The standard InChI is InChI=1S/C23H22N2OS2/c1-23(2)18-11-7-8-12-20(18)25(3)21(23)13-17(26)14-27-22-24-19(15-28-22)16-9-5-4-6-10-16/h4-13,15H,14H2,1-3H3. The van der Waals surface area contributed by atoms with Crippen LogP contribution in [0.2, 0.25) is 0 Å². The van der Waals surface area contributed by atoms with Gasteiger partial charge in [0.25, 0.3) is 0 Å². The molecule has 0 amide bonds. The average Bonchev–Trinajstić information content (AvgIpc) is 3.25. The van der Waals surface area contributed by atoms with Crippen LogP contribution in [0.15, 0.2) is 76.1 Å². The number of carbonyl (C=O) groups is 1. The minimum Gasteiger partial charge on any atom is -0.347 e. The summed E-state index contributed by atoms with van der Waals surface area (Å²) in [5.74, 6) is 0.509. The first kappa shape index (κ1) is 19.0. The molecule has 142 valence electrons. The summed E-state index contributed by atoms with van der Waals surface area (Å²) in [7, 11) is 2.03. The Morgan fingerprint density at radius 3 is 2.61 bits per heavy atom. The van der Waals surface area contributed by atoms with E-state index in [1.165, 1.54) is 23.0 Å². The summed E-state index contributed by atoms with van der Waals surface area (Å²) in [6, 6.07) is 18.5. The van der Waals surface area contributed by atoms with E-state index in [1.54, 1.807) is 17.4 Å². The van der Waals surface area contributed by atoms with Gasteiger partial charge in [0.2, 0.25) is 0 Å². The van der Waals surface area contributed by atoms with Crippen LogP contribution in [0.5, 0.6) is 0 Å². The highest BCUT2D eigenvalue weighted by atomic mass is 32.2. The molecule has 0 radical (unpaired) electrons. The van der Waals surface area contributed by atoms with Crippen molar-refractivity contribution >= 4 is 34.6 Å². The van der Waals surface area contributed by atoms with Gasteiger partial charge in [-0.3, -0.25) is 4.79 Å². The highest BCUT2D eigenvalue weighted by Gasteiger charge is 2.38. The summed E-state index contributed by atoms with van der Waals surface area (Å²) in [5.41, 5.74) is 5.37. The van der Waals surface area contributed by atoms with E-state index in [9.17, 15) is 4.79 Å². The highest BCUT2D eigenvalue weighted by Crippen LogP contribution is 2.46. The molecule has 1 aromatic heterocycles. The van der Waals surface area contributed by atoms with E-state index >= 15 is 0 Å². The number of aromatic nitrogens is 1. The molecule has 0 unspecified atom stereocenters. The Morgan fingerprint density at radius 1 is 1.14 bits per heavy atom. The van der Waals surface area contributed by atoms with Crippen LogP contribution in [0, 0.1) is 0 Å². The molecule has 28 heavy (non-hydrogen) atoms. The molecule has 5 heteroatoms. The van der Waals surface area contributed by atoms with Crippen molar-refractivity contribution in [3.05, 3.63) is 77.3 Å². The van der Waals surface area contributed by atoms with Crippen molar-refractivity contribution in [2.75, 3.05) is 17.7 Å². The van der Waals surface area contributed by atoms with Gasteiger partial charge >= 0.3 is 0 Å². The molecule has 0 saturated carbocycles. The summed E-state index contributed by atoms with van der Waals surface area (Å²) >= 11 is 3.10.